The molecule has 1 fully saturated rings. The molecule has 2 N–H and O–H groups in total. The van der Waals surface area contributed by atoms with Gasteiger partial charge >= 0.3 is 0 Å². The van der Waals surface area contributed by atoms with Gasteiger partial charge in [0, 0.05) is 18.6 Å². The van der Waals surface area contributed by atoms with Gasteiger partial charge in [0.25, 0.3) is 0 Å². The predicted octanol–water partition coefficient (Wildman–Crippen LogP) is 1.48. The largest absolute Gasteiger partial charge is 0.313 e. The number of hydrogen-bond donors (Lipinski definition) is 2. The smallest absolute Gasteiger partial charge is 0.213 e. The number of rotatable bonds is 9. The van der Waals surface area contributed by atoms with Gasteiger partial charge in [0.15, 0.2) is 0 Å². The third kappa shape index (κ3) is 7.73. The summed E-state index contributed by atoms with van der Waals surface area (Å²) in [5, 5.41) is 3.22. The molecule has 1 saturated carbocycles. The molecule has 0 saturated heterocycles. The highest BCUT2D eigenvalue weighted by atomic mass is 32.2. The summed E-state index contributed by atoms with van der Waals surface area (Å²) >= 11 is 0. The first kappa shape index (κ1) is 14.9. The predicted molar refractivity (Wildman–Crippen MR) is 71.5 cm³/mol. The van der Waals surface area contributed by atoms with Crippen molar-refractivity contribution in [3.05, 3.63) is 0 Å². The van der Waals surface area contributed by atoms with Gasteiger partial charge in [-0.25, -0.2) is 13.1 Å². The lowest BCUT2D eigenvalue weighted by Gasteiger charge is -2.15. The van der Waals surface area contributed by atoms with Gasteiger partial charge in [-0.15, -0.1) is 0 Å². The minimum Gasteiger partial charge on any atom is -0.313 e. The van der Waals surface area contributed by atoms with Crippen molar-refractivity contribution in [3.63, 3.8) is 0 Å². The molecule has 17 heavy (non-hydrogen) atoms. The van der Waals surface area contributed by atoms with E-state index < -0.39 is 10.0 Å². The van der Waals surface area contributed by atoms with Crippen molar-refractivity contribution in [1.82, 2.24) is 10.0 Å². The van der Waals surface area contributed by atoms with Crippen molar-refractivity contribution in [2.24, 2.45) is 5.92 Å². The van der Waals surface area contributed by atoms with Crippen LogP contribution in [0.2, 0.25) is 0 Å². The van der Waals surface area contributed by atoms with Gasteiger partial charge < -0.3 is 5.32 Å². The minimum absolute atomic E-state index is 0.0447. The van der Waals surface area contributed by atoms with E-state index >= 15 is 0 Å². The zero-order valence-electron chi connectivity index (χ0n) is 11.2. The van der Waals surface area contributed by atoms with Gasteiger partial charge in [-0.1, -0.05) is 13.8 Å². The van der Waals surface area contributed by atoms with E-state index in [2.05, 4.69) is 23.9 Å². The molecule has 1 atom stereocenters. The molecule has 102 valence electrons. The summed E-state index contributed by atoms with van der Waals surface area (Å²) in [6, 6.07) is 0.617. The summed E-state index contributed by atoms with van der Waals surface area (Å²) in [6.45, 7) is 6.81. The summed E-state index contributed by atoms with van der Waals surface area (Å²) in [7, 11) is -3.11. The lowest BCUT2D eigenvalue weighted by molar-refractivity contribution is 0.485. The minimum atomic E-state index is -3.11. The van der Waals surface area contributed by atoms with Crippen LogP contribution in [-0.2, 0) is 10.0 Å². The van der Waals surface area contributed by atoms with Crippen molar-refractivity contribution in [2.45, 2.75) is 58.5 Å². The molecule has 5 heteroatoms. The molecule has 1 unspecified atom stereocenters. The summed E-state index contributed by atoms with van der Waals surface area (Å²) in [4.78, 5) is 0. The van der Waals surface area contributed by atoms with Crippen LogP contribution in [0.4, 0.5) is 0 Å². The van der Waals surface area contributed by atoms with E-state index in [1.807, 2.05) is 6.92 Å². The molecule has 0 aromatic carbocycles. The van der Waals surface area contributed by atoms with Gasteiger partial charge in [-0.05, 0) is 38.5 Å². The van der Waals surface area contributed by atoms with E-state index in [4.69, 9.17) is 0 Å². The molecule has 0 aromatic rings. The second-order valence-corrected chi connectivity index (χ2v) is 7.41. The Balaban J connectivity index is 2.16. The molecule has 0 bridgehead atoms. The Labute approximate surface area is 106 Å². The Kier molecular flexibility index (Phi) is 5.89. The van der Waals surface area contributed by atoms with Crippen LogP contribution >= 0.6 is 0 Å². The van der Waals surface area contributed by atoms with Crippen LogP contribution in [0, 0.1) is 5.92 Å². The zero-order chi connectivity index (χ0) is 12.9. The maximum absolute atomic E-state index is 11.7. The SMILES string of the molecule is CC(C)CCC(C)NS(=O)(=O)CCNC1CC1. The molecule has 0 aromatic heterocycles. The molecular weight excluding hydrogens is 236 g/mol. The first-order valence-electron chi connectivity index (χ1n) is 6.62. The maximum Gasteiger partial charge on any atom is 0.213 e. The van der Waals surface area contributed by atoms with Crippen LogP contribution in [0.15, 0.2) is 0 Å². The quantitative estimate of drug-likeness (QED) is 0.662. The van der Waals surface area contributed by atoms with Gasteiger partial charge in [-0.3, -0.25) is 0 Å². The highest BCUT2D eigenvalue weighted by Gasteiger charge is 2.21. The fraction of sp³-hybridized carbons (Fsp3) is 1.00. The van der Waals surface area contributed by atoms with Crippen molar-refractivity contribution >= 4 is 10.0 Å². The Hall–Kier alpha value is -0.130. The Bertz CT molecular complexity index is 310. The van der Waals surface area contributed by atoms with E-state index in [-0.39, 0.29) is 11.8 Å². The fourth-order valence-electron chi connectivity index (χ4n) is 1.69. The summed E-state index contributed by atoms with van der Waals surface area (Å²) < 4.78 is 26.2. The molecule has 0 aliphatic heterocycles. The number of nitrogens with one attached hydrogen (secondary N) is 2. The molecule has 0 radical (unpaired) electrons. The van der Waals surface area contributed by atoms with Crippen LogP contribution in [0.5, 0.6) is 0 Å². The van der Waals surface area contributed by atoms with Crippen LogP contribution in [0.1, 0.15) is 46.5 Å². The molecule has 4 nitrogen and oxygen atoms in total. The van der Waals surface area contributed by atoms with E-state index in [9.17, 15) is 8.42 Å². The normalized spacial score (nSPS) is 18.6. The third-order valence-corrected chi connectivity index (χ3v) is 4.44. The zero-order valence-corrected chi connectivity index (χ0v) is 12.0. The Morgan fingerprint density at radius 3 is 2.35 bits per heavy atom. The Morgan fingerprint density at radius 2 is 1.82 bits per heavy atom. The molecule has 1 aliphatic rings. The van der Waals surface area contributed by atoms with Gasteiger partial charge in [0.2, 0.25) is 10.0 Å². The lowest BCUT2D eigenvalue weighted by Crippen LogP contribution is -2.37. The second kappa shape index (κ2) is 6.71. The molecule has 0 amide bonds. The standard InChI is InChI=1S/C12H26N2O2S/c1-10(2)4-5-11(3)14-17(15,16)9-8-13-12-6-7-12/h10-14H,4-9H2,1-3H3. The van der Waals surface area contributed by atoms with Crippen molar-refractivity contribution in [2.75, 3.05) is 12.3 Å². The van der Waals surface area contributed by atoms with Crippen LogP contribution in [0.25, 0.3) is 0 Å². The highest BCUT2D eigenvalue weighted by molar-refractivity contribution is 7.89. The van der Waals surface area contributed by atoms with E-state index in [1.54, 1.807) is 0 Å². The Morgan fingerprint density at radius 1 is 1.18 bits per heavy atom. The molecule has 0 spiro atoms. The summed E-state index contributed by atoms with van der Waals surface area (Å²) in [6.07, 6.45) is 4.35. The average Bonchev–Trinajstić information content (AvgIpc) is 2.97. The second-order valence-electron chi connectivity index (χ2n) is 5.54. The van der Waals surface area contributed by atoms with Crippen LogP contribution in [-0.4, -0.2) is 32.8 Å². The summed E-state index contributed by atoms with van der Waals surface area (Å²) in [5.74, 6) is 0.814. The number of sulfonamides is 1. The van der Waals surface area contributed by atoms with E-state index in [1.165, 1.54) is 12.8 Å². The number of hydrogen-bond acceptors (Lipinski definition) is 3. The molecule has 1 rings (SSSR count). The third-order valence-electron chi connectivity index (χ3n) is 2.94. The van der Waals surface area contributed by atoms with Gasteiger partial charge in [0.05, 0.1) is 5.75 Å². The lowest BCUT2D eigenvalue weighted by atomic mass is 10.1. The van der Waals surface area contributed by atoms with E-state index in [0.717, 1.165) is 12.8 Å². The van der Waals surface area contributed by atoms with Crippen molar-refractivity contribution < 1.29 is 8.42 Å². The van der Waals surface area contributed by atoms with Crippen molar-refractivity contribution in [3.8, 4) is 0 Å². The van der Waals surface area contributed by atoms with Gasteiger partial charge in [-0.2, -0.15) is 0 Å². The monoisotopic (exact) mass is 262 g/mol. The van der Waals surface area contributed by atoms with Crippen molar-refractivity contribution in [1.29, 1.82) is 0 Å². The van der Waals surface area contributed by atoms with Crippen LogP contribution < -0.4 is 10.0 Å². The first-order valence-corrected chi connectivity index (χ1v) is 8.27. The van der Waals surface area contributed by atoms with Gasteiger partial charge in [0.1, 0.15) is 0 Å². The molecule has 1 aliphatic carbocycles. The highest BCUT2D eigenvalue weighted by Crippen LogP contribution is 2.18. The van der Waals surface area contributed by atoms with Crippen LogP contribution in [0.3, 0.4) is 0 Å². The summed E-state index contributed by atoms with van der Waals surface area (Å²) in [5.41, 5.74) is 0. The molecule has 0 heterocycles. The molecular formula is C12H26N2O2S. The van der Waals surface area contributed by atoms with E-state index in [0.29, 0.717) is 18.5 Å². The first-order chi connectivity index (χ1) is 7.89. The average molecular weight is 262 g/mol. The fourth-order valence-corrected chi connectivity index (χ4v) is 2.93. The topological polar surface area (TPSA) is 58.2 Å². The maximum atomic E-state index is 11.7.